The number of carbonyl (C=O) groups is 1. The molecule has 1 amide bonds. The lowest BCUT2D eigenvalue weighted by Gasteiger charge is -2.20. The third-order valence-corrected chi connectivity index (χ3v) is 7.39. The predicted octanol–water partition coefficient (Wildman–Crippen LogP) is 6.48. The van der Waals surface area contributed by atoms with Gasteiger partial charge in [0.1, 0.15) is 11.4 Å². The average Bonchev–Trinajstić information content (AvgIpc) is 3.33. The first-order valence-electron chi connectivity index (χ1n) is 12.7. The number of hydrogen-bond acceptors (Lipinski definition) is 5. The van der Waals surface area contributed by atoms with Crippen molar-refractivity contribution >= 4 is 28.9 Å². The molecule has 0 radical (unpaired) electrons. The molecule has 0 bridgehead atoms. The molecule has 0 unspecified atom stereocenters. The molecule has 3 aromatic rings. The third kappa shape index (κ3) is 5.41. The first kappa shape index (κ1) is 24.4. The minimum Gasteiger partial charge on any atom is -0.491 e. The maximum absolute atomic E-state index is 12.9. The van der Waals surface area contributed by atoms with E-state index in [9.17, 15) is 4.79 Å². The van der Waals surface area contributed by atoms with Crippen molar-refractivity contribution in [3.63, 3.8) is 0 Å². The van der Waals surface area contributed by atoms with Crippen molar-refractivity contribution in [2.75, 3.05) is 13.1 Å². The number of amidine groups is 1. The number of carbonyl (C=O) groups excluding carboxylic acids is 1. The van der Waals surface area contributed by atoms with Gasteiger partial charge in [0.2, 0.25) is 0 Å². The number of nitrogens with zero attached hydrogens (tertiary/aromatic N) is 4. The van der Waals surface area contributed by atoms with Crippen molar-refractivity contribution in [2.45, 2.75) is 52.6 Å². The second kappa shape index (κ2) is 10.7. The smallest absolute Gasteiger partial charge is 0.286 e. The highest BCUT2D eigenvalue weighted by Gasteiger charge is 2.27. The first-order chi connectivity index (χ1) is 17.5. The Morgan fingerprint density at radius 1 is 1.03 bits per heavy atom. The number of para-hydroxylation sites is 1. The van der Waals surface area contributed by atoms with E-state index in [1.54, 1.807) is 0 Å². The Balaban J connectivity index is 1.50. The van der Waals surface area contributed by atoms with E-state index in [4.69, 9.17) is 9.84 Å². The van der Waals surface area contributed by atoms with Crippen molar-refractivity contribution in [3.05, 3.63) is 70.8 Å². The number of hydrogen-bond donors (Lipinski definition) is 0. The van der Waals surface area contributed by atoms with Gasteiger partial charge in [0.05, 0.1) is 16.7 Å². The number of aliphatic imine (C=N–C) groups is 1. The molecule has 0 aliphatic carbocycles. The van der Waals surface area contributed by atoms with E-state index in [1.807, 2.05) is 80.2 Å². The molecule has 5 rings (SSSR count). The van der Waals surface area contributed by atoms with Gasteiger partial charge in [0, 0.05) is 30.4 Å². The summed E-state index contributed by atoms with van der Waals surface area (Å²) in [6.45, 7) is 8.03. The molecule has 7 heteroatoms. The van der Waals surface area contributed by atoms with Crippen LogP contribution in [0.2, 0.25) is 0 Å². The van der Waals surface area contributed by atoms with Crippen LogP contribution in [0.25, 0.3) is 23.0 Å². The zero-order valence-electron chi connectivity index (χ0n) is 21.1. The molecule has 186 valence electrons. The number of aryl methyl sites for hydroxylation is 1. The van der Waals surface area contributed by atoms with Crippen molar-refractivity contribution < 1.29 is 9.53 Å². The largest absolute Gasteiger partial charge is 0.491 e. The summed E-state index contributed by atoms with van der Waals surface area (Å²) < 4.78 is 7.81. The average molecular weight is 501 g/mol. The monoisotopic (exact) mass is 500 g/mol. The third-order valence-electron chi connectivity index (χ3n) is 6.35. The summed E-state index contributed by atoms with van der Waals surface area (Å²) in [5.41, 5.74) is 4.70. The van der Waals surface area contributed by atoms with Crippen LogP contribution < -0.4 is 4.74 Å². The lowest BCUT2D eigenvalue weighted by atomic mass is 10.0. The number of amides is 1. The molecule has 1 fully saturated rings. The highest BCUT2D eigenvalue weighted by atomic mass is 32.2. The van der Waals surface area contributed by atoms with E-state index >= 15 is 0 Å². The van der Waals surface area contributed by atoms with E-state index in [0.717, 1.165) is 64.9 Å². The van der Waals surface area contributed by atoms with Gasteiger partial charge in [0.15, 0.2) is 5.17 Å². The topological polar surface area (TPSA) is 59.7 Å². The number of rotatable bonds is 5. The summed E-state index contributed by atoms with van der Waals surface area (Å²) in [6.07, 6.45) is 8.82. The summed E-state index contributed by atoms with van der Waals surface area (Å²) in [4.78, 5) is 20.2. The predicted molar refractivity (Wildman–Crippen MR) is 148 cm³/mol. The lowest BCUT2D eigenvalue weighted by molar-refractivity contribution is -0.113. The quantitative estimate of drug-likeness (QED) is 0.375. The Hall–Kier alpha value is -3.32. The number of ether oxygens (including phenoxy) is 1. The molecule has 1 saturated heterocycles. The van der Waals surface area contributed by atoms with Crippen LogP contribution in [-0.2, 0) is 4.79 Å². The van der Waals surface area contributed by atoms with Gasteiger partial charge >= 0.3 is 0 Å². The minimum absolute atomic E-state index is 0.107. The van der Waals surface area contributed by atoms with Crippen LogP contribution in [0.5, 0.6) is 5.75 Å². The summed E-state index contributed by atoms with van der Waals surface area (Å²) in [5.74, 6) is 0.697. The van der Waals surface area contributed by atoms with Crippen molar-refractivity contribution in [1.29, 1.82) is 0 Å². The fourth-order valence-electron chi connectivity index (χ4n) is 4.55. The second-order valence-corrected chi connectivity index (χ2v) is 10.6. The van der Waals surface area contributed by atoms with Crippen LogP contribution in [0.1, 0.15) is 50.7 Å². The van der Waals surface area contributed by atoms with E-state index in [0.29, 0.717) is 4.91 Å². The van der Waals surface area contributed by atoms with E-state index in [1.165, 1.54) is 24.6 Å². The Morgan fingerprint density at radius 2 is 1.78 bits per heavy atom. The van der Waals surface area contributed by atoms with Crippen molar-refractivity contribution in [1.82, 2.24) is 14.7 Å². The Bertz CT molecular complexity index is 1300. The van der Waals surface area contributed by atoms with Gasteiger partial charge in [-0.3, -0.25) is 4.79 Å². The lowest BCUT2D eigenvalue weighted by Crippen LogP contribution is -2.28. The van der Waals surface area contributed by atoms with Crippen LogP contribution in [0.4, 0.5) is 0 Å². The zero-order valence-corrected chi connectivity index (χ0v) is 21.9. The molecule has 0 saturated carbocycles. The maximum atomic E-state index is 12.9. The van der Waals surface area contributed by atoms with Crippen molar-refractivity contribution in [2.24, 2.45) is 4.99 Å². The number of likely N-dealkylation sites (tertiary alicyclic amines) is 1. The van der Waals surface area contributed by atoms with Gasteiger partial charge in [-0.2, -0.15) is 10.1 Å². The molecule has 6 nitrogen and oxygen atoms in total. The van der Waals surface area contributed by atoms with E-state index in [2.05, 4.69) is 16.0 Å². The summed E-state index contributed by atoms with van der Waals surface area (Å²) >= 11 is 1.48. The maximum Gasteiger partial charge on any atom is 0.286 e. The minimum atomic E-state index is -0.172. The highest BCUT2D eigenvalue weighted by Crippen LogP contribution is 2.35. The summed E-state index contributed by atoms with van der Waals surface area (Å²) in [7, 11) is 0. The Morgan fingerprint density at radius 3 is 2.47 bits per heavy atom. The van der Waals surface area contributed by atoms with Crippen LogP contribution >= 0.6 is 11.8 Å². The fraction of sp³-hybridized carbons (Fsp3) is 0.345. The Kier molecular flexibility index (Phi) is 7.28. The fourth-order valence-corrected chi connectivity index (χ4v) is 5.51. The van der Waals surface area contributed by atoms with Gasteiger partial charge in [-0.25, -0.2) is 4.68 Å². The molecule has 1 aromatic heterocycles. The van der Waals surface area contributed by atoms with Gasteiger partial charge in [-0.1, -0.05) is 31.0 Å². The van der Waals surface area contributed by atoms with Crippen LogP contribution in [0, 0.1) is 6.92 Å². The standard InChI is InChI=1S/C29H32N4O2S/c1-20(2)35-25-14-13-22(17-21(25)3)27-23(19-33(31-27)24-11-7-6-8-12-24)18-26-28(34)30-29(36-26)32-15-9-4-5-10-16-32/h6-8,11-14,17-20H,4-5,9-10,15-16H2,1-3H3/b26-18+. The molecule has 0 N–H and O–H groups in total. The van der Waals surface area contributed by atoms with Crippen LogP contribution in [0.15, 0.2) is 64.6 Å². The summed E-state index contributed by atoms with van der Waals surface area (Å²) in [5, 5.41) is 5.76. The van der Waals surface area contributed by atoms with Crippen molar-refractivity contribution in [3.8, 4) is 22.7 Å². The number of benzene rings is 2. The zero-order chi connectivity index (χ0) is 25.1. The second-order valence-electron chi connectivity index (χ2n) is 9.57. The van der Waals surface area contributed by atoms with Gasteiger partial charge in [0.25, 0.3) is 5.91 Å². The highest BCUT2D eigenvalue weighted by molar-refractivity contribution is 8.18. The van der Waals surface area contributed by atoms with Gasteiger partial charge in [-0.15, -0.1) is 0 Å². The molecular weight excluding hydrogens is 468 g/mol. The molecule has 0 spiro atoms. The number of thioether (sulfide) groups is 1. The molecule has 2 aliphatic rings. The van der Waals surface area contributed by atoms with Gasteiger partial charge in [-0.05, 0) is 87.3 Å². The number of aromatic nitrogens is 2. The SMILES string of the molecule is Cc1cc(-c2nn(-c3ccccc3)cc2/C=C2/SC(N3CCCCCC3)=NC2=O)ccc1OC(C)C. The van der Waals surface area contributed by atoms with Gasteiger partial charge < -0.3 is 9.64 Å². The molecule has 2 aromatic carbocycles. The van der Waals surface area contributed by atoms with E-state index in [-0.39, 0.29) is 12.0 Å². The molecular formula is C29H32N4O2S. The normalized spacial score (nSPS) is 17.6. The molecule has 2 aliphatic heterocycles. The molecule has 0 atom stereocenters. The van der Waals surface area contributed by atoms with Crippen LogP contribution in [0.3, 0.4) is 0 Å². The summed E-state index contributed by atoms with van der Waals surface area (Å²) in [6, 6.07) is 16.2. The molecule has 36 heavy (non-hydrogen) atoms. The van der Waals surface area contributed by atoms with Crippen LogP contribution in [-0.4, -0.2) is 44.9 Å². The Labute approximate surface area is 217 Å². The molecule has 3 heterocycles. The van der Waals surface area contributed by atoms with E-state index < -0.39 is 0 Å². The first-order valence-corrected chi connectivity index (χ1v) is 13.5.